The first-order chi connectivity index (χ1) is 6.58. The number of pyridine rings is 1. The summed E-state index contributed by atoms with van der Waals surface area (Å²) in [4.78, 5) is 4.24. The second-order valence-corrected chi connectivity index (χ2v) is 3.47. The van der Waals surface area contributed by atoms with E-state index < -0.39 is 0 Å². The Labute approximate surface area is 81.6 Å². The van der Waals surface area contributed by atoms with Crippen LogP contribution in [0.4, 0.5) is 10.1 Å². The fraction of sp³-hybridized carbons (Fsp3) is 0.182. The van der Waals surface area contributed by atoms with Gasteiger partial charge in [0.15, 0.2) is 0 Å². The molecule has 72 valence electrons. The lowest BCUT2D eigenvalue weighted by molar-refractivity contribution is 0.628. The van der Waals surface area contributed by atoms with Crippen LogP contribution in [0, 0.1) is 19.7 Å². The Morgan fingerprint density at radius 3 is 2.64 bits per heavy atom. The van der Waals surface area contributed by atoms with Crippen molar-refractivity contribution in [3.63, 3.8) is 0 Å². The molecule has 0 radical (unpaired) electrons. The highest BCUT2D eigenvalue weighted by molar-refractivity contribution is 5.93. The first kappa shape index (κ1) is 8.94. The molecular formula is C11H11FN2. The summed E-state index contributed by atoms with van der Waals surface area (Å²) in [5.41, 5.74) is 8.76. The molecule has 2 aromatic rings. The number of nitrogens with zero attached hydrogens (tertiary/aromatic N) is 1. The zero-order chi connectivity index (χ0) is 10.3. The van der Waals surface area contributed by atoms with Crippen molar-refractivity contribution in [2.75, 3.05) is 5.73 Å². The van der Waals surface area contributed by atoms with Crippen molar-refractivity contribution in [2.24, 2.45) is 0 Å². The Morgan fingerprint density at radius 1 is 1.21 bits per heavy atom. The number of aromatic nitrogens is 1. The van der Waals surface area contributed by atoms with Gasteiger partial charge in [0.05, 0.1) is 5.52 Å². The number of nitrogens with two attached hydrogens (primary N) is 1. The molecule has 3 heteroatoms. The van der Waals surface area contributed by atoms with Crippen LogP contribution in [0.25, 0.3) is 10.9 Å². The lowest BCUT2D eigenvalue weighted by Gasteiger charge is -2.06. The molecule has 0 aliphatic heterocycles. The van der Waals surface area contributed by atoms with Crippen molar-refractivity contribution in [2.45, 2.75) is 13.8 Å². The van der Waals surface area contributed by atoms with Crippen LogP contribution in [-0.2, 0) is 0 Å². The number of anilines is 1. The molecule has 1 heterocycles. The van der Waals surface area contributed by atoms with Crippen molar-refractivity contribution >= 4 is 16.6 Å². The molecule has 0 aliphatic carbocycles. The summed E-state index contributed by atoms with van der Waals surface area (Å²) >= 11 is 0. The van der Waals surface area contributed by atoms with E-state index in [4.69, 9.17) is 5.73 Å². The van der Waals surface area contributed by atoms with E-state index in [1.807, 2.05) is 13.8 Å². The third-order valence-corrected chi connectivity index (χ3v) is 2.23. The first-order valence-electron chi connectivity index (χ1n) is 4.41. The number of hydrogen-bond donors (Lipinski definition) is 1. The highest BCUT2D eigenvalue weighted by Gasteiger charge is 2.05. The van der Waals surface area contributed by atoms with Gasteiger partial charge >= 0.3 is 0 Å². The molecule has 0 atom stereocenters. The van der Waals surface area contributed by atoms with Gasteiger partial charge in [-0.3, -0.25) is 4.98 Å². The van der Waals surface area contributed by atoms with Crippen LogP contribution in [0.5, 0.6) is 0 Å². The zero-order valence-electron chi connectivity index (χ0n) is 8.13. The van der Waals surface area contributed by atoms with Crippen LogP contribution in [-0.4, -0.2) is 4.98 Å². The smallest absolute Gasteiger partial charge is 0.125 e. The summed E-state index contributed by atoms with van der Waals surface area (Å²) in [6.45, 7) is 3.68. The Balaban J connectivity index is 2.94. The van der Waals surface area contributed by atoms with Crippen LogP contribution in [0.15, 0.2) is 18.2 Å². The second kappa shape index (κ2) is 2.94. The summed E-state index contributed by atoms with van der Waals surface area (Å²) in [5.74, 6) is -0.271. The van der Waals surface area contributed by atoms with E-state index in [0.29, 0.717) is 11.2 Å². The monoisotopic (exact) mass is 190 g/mol. The lowest BCUT2D eigenvalue weighted by atomic mass is 10.1. The van der Waals surface area contributed by atoms with Gasteiger partial charge in [0.1, 0.15) is 5.82 Å². The van der Waals surface area contributed by atoms with Gasteiger partial charge in [0.25, 0.3) is 0 Å². The highest BCUT2D eigenvalue weighted by Crippen LogP contribution is 2.24. The summed E-state index contributed by atoms with van der Waals surface area (Å²) in [6, 6.07) is 4.68. The normalized spacial score (nSPS) is 10.8. The Hall–Kier alpha value is -1.64. The fourth-order valence-electron chi connectivity index (χ4n) is 1.71. The predicted molar refractivity (Wildman–Crippen MR) is 55.6 cm³/mol. The maximum absolute atomic E-state index is 13.1. The highest BCUT2D eigenvalue weighted by atomic mass is 19.1. The maximum Gasteiger partial charge on any atom is 0.125 e. The second-order valence-electron chi connectivity index (χ2n) is 3.47. The molecular weight excluding hydrogens is 179 g/mol. The van der Waals surface area contributed by atoms with Crippen molar-refractivity contribution in [3.05, 3.63) is 35.3 Å². The fourth-order valence-corrected chi connectivity index (χ4v) is 1.71. The van der Waals surface area contributed by atoms with E-state index in [0.717, 1.165) is 16.6 Å². The van der Waals surface area contributed by atoms with Crippen LogP contribution in [0.1, 0.15) is 11.3 Å². The van der Waals surface area contributed by atoms with Gasteiger partial charge in [0.2, 0.25) is 0 Å². The molecule has 0 saturated heterocycles. The topological polar surface area (TPSA) is 38.9 Å². The summed E-state index contributed by atoms with van der Waals surface area (Å²) < 4.78 is 13.1. The van der Waals surface area contributed by atoms with E-state index in [9.17, 15) is 4.39 Å². The summed E-state index contributed by atoms with van der Waals surface area (Å²) in [6.07, 6.45) is 0. The number of halogens is 1. The van der Waals surface area contributed by atoms with Crippen LogP contribution < -0.4 is 5.73 Å². The van der Waals surface area contributed by atoms with Crippen molar-refractivity contribution in [3.8, 4) is 0 Å². The van der Waals surface area contributed by atoms with Gasteiger partial charge < -0.3 is 5.73 Å². The van der Waals surface area contributed by atoms with Gasteiger partial charge in [-0.1, -0.05) is 0 Å². The molecule has 0 spiro atoms. The number of benzene rings is 1. The number of nitrogen functional groups attached to an aromatic ring is 1. The Kier molecular flexibility index (Phi) is 1.88. The van der Waals surface area contributed by atoms with Gasteiger partial charge in [-0.25, -0.2) is 4.39 Å². The molecule has 1 aromatic carbocycles. The zero-order valence-corrected chi connectivity index (χ0v) is 8.13. The SMILES string of the molecule is Cc1cc(N)c2c(C)cc(F)cc2n1. The number of fused-ring (bicyclic) bond motifs is 1. The van der Waals surface area contributed by atoms with Crippen LogP contribution in [0.3, 0.4) is 0 Å². The third-order valence-electron chi connectivity index (χ3n) is 2.23. The average molecular weight is 190 g/mol. The molecule has 1 aromatic heterocycles. The minimum Gasteiger partial charge on any atom is -0.398 e. The molecule has 0 fully saturated rings. The van der Waals surface area contributed by atoms with E-state index >= 15 is 0 Å². The van der Waals surface area contributed by atoms with Gasteiger partial charge in [-0.15, -0.1) is 0 Å². The van der Waals surface area contributed by atoms with E-state index in [1.165, 1.54) is 12.1 Å². The van der Waals surface area contributed by atoms with Gasteiger partial charge in [0, 0.05) is 22.8 Å². The number of aryl methyl sites for hydroxylation is 2. The standard InChI is InChI=1S/C11H11FN2/c1-6-3-8(12)5-10-11(6)9(13)4-7(2)14-10/h3-5H,1-2H3,(H2,13,14). The van der Waals surface area contributed by atoms with Gasteiger partial charge in [-0.2, -0.15) is 0 Å². The number of rotatable bonds is 0. The van der Waals surface area contributed by atoms with Crippen molar-refractivity contribution in [1.29, 1.82) is 0 Å². The Bertz CT molecular complexity index is 463. The lowest BCUT2D eigenvalue weighted by Crippen LogP contribution is -1.94. The largest absolute Gasteiger partial charge is 0.398 e. The van der Waals surface area contributed by atoms with E-state index in [-0.39, 0.29) is 5.82 Å². The van der Waals surface area contributed by atoms with E-state index in [1.54, 1.807) is 6.07 Å². The quantitative estimate of drug-likeness (QED) is 0.693. The molecule has 0 unspecified atom stereocenters. The first-order valence-corrected chi connectivity index (χ1v) is 4.41. The molecule has 2 nitrogen and oxygen atoms in total. The minimum atomic E-state index is -0.271. The number of hydrogen-bond acceptors (Lipinski definition) is 2. The molecule has 2 N–H and O–H groups in total. The van der Waals surface area contributed by atoms with Crippen LogP contribution in [0.2, 0.25) is 0 Å². The minimum absolute atomic E-state index is 0.271. The average Bonchev–Trinajstić information content (AvgIpc) is 1.99. The maximum atomic E-state index is 13.1. The van der Waals surface area contributed by atoms with Crippen molar-refractivity contribution in [1.82, 2.24) is 4.98 Å². The summed E-state index contributed by atoms with van der Waals surface area (Å²) in [7, 11) is 0. The molecule has 0 bridgehead atoms. The molecule has 2 rings (SSSR count). The molecule has 0 saturated carbocycles. The third kappa shape index (κ3) is 1.31. The molecule has 14 heavy (non-hydrogen) atoms. The van der Waals surface area contributed by atoms with E-state index in [2.05, 4.69) is 4.98 Å². The Morgan fingerprint density at radius 2 is 1.93 bits per heavy atom. The molecule has 0 aliphatic rings. The summed E-state index contributed by atoms with van der Waals surface area (Å²) in [5, 5.41) is 0.844. The van der Waals surface area contributed by atoms with Crippen molar-refractivity contribution < 1.29 is 4.39 Å². The predicted octanol–water partition coefficient (Wildman–Crippen LogP) is 2.57. The van der Waals surface area contributed by atoms with Gasteiger partial charge in [-0.05, 0) is 31.5 Å². The van der Waals surface area contributed by atoms with Crippen LogP contribution >= 0.6 is 0 Å². The molecule has 0 amide bonds.